The van der Waals surface area contributed by atoms with Crippen molar-refractivity contribution in [1.82, 2.24) is 4.98 Å². The molecule has 0 radical (unpaired) electrons. The molecule has 1 heterocycles. The molecule has 1 aliphatic carbocycles. The maximum atomic E-state index is 11.7. The van der Waals surface area contributed by atoms with E-state index in [1.165, 1.54) is 19.3 Å². The largest absolute Gasteiger partial charge is 0.364 e. The van der Waals surface area contributed by atoms with Gasteiger partial charge in [0.1, 0.15) is 12.0 Å². The fourth-order valence-electron chi connectivity index (χ4n) is 3.07. The Labute approximate surface area is 117 Å². The van der Waals surface area contributed by atoms with Gasteiger partial charge in [0.05, 0.1) is 0 Å². The van der Waals surface area contributed by atoms with E-state index in [9.17, 15) is 9.59 Å². The number of amides is 1. The number of hydrogen-bond acceptors (Lipinski definition) is 2. The summed E-state index contributed by atoms with van der Waals surface area (Å²) in [5.41, 5.74) is 7.47. The van der Waals surface area contributed by atoms with Gasteiger partial charge in [-0.25, -0.2) is 0 Å². The van der Waals surface area contributed by atoms with Crippen LogP contribution < -0.4 is 5.73 Å². The number of para-hydroxylation sites is 1. The first-order chi connectivity index (χ1) is 9.70. The number of carbonyl (C=O) groups excluding carboxylic acids is 2. The lowest BCUT2D eigenvalue weighted by Crippen LogP contribution is -2.19. The zero-order valence-electron chi connectivity index (χ0n) is 11.3. The SMILES string of the molecule is NC(=O)c1[nH]c2ccccc2c1C(C=O)CC1CCC1. The van der Waals surface area contributed by atoms with Gasteiger partial charge >= 0.3 is 0 Å². The van der Waals surface area contributed by atoms with Crippen molar-refractivity contribution < 1.29 is 9.59 Å². The lowest BCUT2D eigenvalue weighted by molar-refractivity contribution is -0.109. The van der Waals surface area contributed by atoms with E-state index in [4.69, 9.17) is 5.73 Å². The van der Waals surface area contributed by atoms with E-state index in [2.05, 4.69) is 4.98 Å². The second kappa shape index (κ2) is 5.12. The van der Waals surface area contributed by atoms with Crippen molar-refractivity contribution in [2.24, 2.45) is 11.7 Å². The molecule has 1 aliphatic rings. The molecule has 1 fully saturated rings. The standard InChI is InChI=1S/C16H18N2O2/c17-16(20)15-14(11(9-19)8-10-4-3-5-10)12-6-1-2-7-13(12)18-15/h1-2,6-7,9-11,18H,3-5,8H2,(H2,17,20). The van der Waals surface area contributed by atoms with E-state index in [1.54, 1.807) is 0 Å². The Balaban J connectivity index is 2.08. The average molecular weight is 270 g/mol. The minimum absolute atomic E-state index is 0.251. The van der Waals surface area contributed by atoms with Crippen LogP contribution in [0.2, 0.25) is 0 Å². The highest BCUT2D eigenvalue weighted by Crippen LogP contribution is 2.38. The van der Waals surface area contributed by atoms with Crippen LogP contribution in [0.5, 0.6) is 0 Å². The molecule has 3 rings (SSSR count). The summed E-state index contributed by atoms with van der Waals surface area (Å²) in [7, 11) is 0. The van der Waals surface area contributed by atoms with Crippen LogP contribution in [0, 0.1) is 5.92 Å². The van der Waals surface area contributed by atoms with Crippen LogP contribution in [0.1, 0.15) is 47.7 Å². The van der Waals surface area contributed by atoms with Crippen molar-refractivity contribution >= 4 is 23.1 Å². The first-order valence-corrected chi connectivity index (χ1v) is 7.06. The third-order valence-corrected chi connectivity index (χ3v) is 4.34. The van der Waals surface area contributed by atoms with Gasteiger partial charge in [-0.1, -0.05) is 37.5 Å². The summed E-state index contributed by atoms with van der Waals surface area (Å²) in [4.78, 5) is 26.2. The number of aromatic nitrogens is 1. The fourth-order valence-corrected chi connectivity index (χ4v) is 3.07. The molecule has 1 unspecified atom stereocenters. The van der Waals surface area contributed by atoms with Crippen molar-refractivity contribution in [3.8, 4) is 0 Å². The number of fused-ring (bicyclic) bond motifs is 1. The molecule has 0 aliphatic heterocycles. The summed E-state index contributed by atoms with van der Waals surface area (Å²) >= 11 is 0. The summed E-state index contributed by atoms with van der Waals surface area (Å²) in [6, 6.07) is 7.65. The highest BCUT2D eigenvalue weighted by atomic mass is 16.1. The van der Waals surface area contributed by atoms with Gasteiger partial charge in [-0.2, -0.15) is 0 Å². The molecule has 1 atom stereocenters. The van der Waals surface area contributed by atoms with E-state index < -0.39 is 5.91 Å². The van der Waals surface area contributed by atoms with Gasteiger partial charge in [-0.3, -0.25) is 4.79 Å². The van der Waals surface area contributed by atoms with Crippen molar-refractivity contribution in [3.05, 3.63) is 35.5 Å². The molecule has 2 aromatic rings. The summed E-state index contributed by atoms with van der Waals surface area (Å²) in [5.74, 6) is -0.157. The van der Waals surface area contributed by atoms with Crippen LogP contribution in [0.4, 0.5) is 0 Å². The molecule has 4 heteroatoms. The normalized spacial score (nSPS) is 16.8. The van der Waals surface area contributed by atoms with Gasteiger partial charge in [0.25, 0.3) is 5.91 Å². The average Bonchev–Trinajstić information content (AvgIpc) is 2.78. The molecule has 1 amide bonds. The summed E-state index contributed by atoms with van der Waals surface area (Å²) in [6.07, 6.45) is 5.37. The molecule has 0 saturated heterocycles. The maximum Gasteiger partial charge on any atom is 0.265 e. The number of aromatic amines is 1. The number of rotatable bonds is 5. The second-order valence-electron chi connectivity index (χ2n) is 5.60. The molecule has 20 heavy (non-hydrogen) atoms. The Morgan fingerprint density at radius 3 is 2.75 bits per heavy atom. The Bertz CT molecular complexity index is 656. The van der Waals surface area contributed by atoms with E-state index in [-0.39, 0.29) is 5.92 Å². The van der Waals surface area contributed by atoms with Gasteiger partial charge in [0.15, 0.2) is 0 Å². The first-order valence-electron chi connectivity index (χ1n) is 7.06. The highest BCUT2D eigenvalue weighted by molar-refractivity contribution is 6.02. The molecule has 1 aromatic carbocycles. The Kier molecular flexibility index (Phi) is 3.30. The predicted molar refractivity (Wildman–Crippen MR) is 77.6 cm³/mol. The molecule has 0 spiro atoms. The van der Waals surface area contributed by atoms with Gasteiger partial charge in [0.2, 0.25) is 0 Å². The number of primary amides is 1. The van der Waals surface area contributed by atoms with E-state index in [0.717, 1.165) is 29.2 Å². The topological polar surface area (TPSA) is 76.0 Å². The van der Waals surface area contributed by atoms with E-state index in [1.807, 2.05) is 24.3 Å². The van der Waals surface area contributed by atoms with Crippen LogP contribution >= 0.6 is 0 Å². The first kappa shape index (κ1) is 12.9. The lowest BCUT2D eigenvalue weighted by Gasteiger charge is -2.27. The van der Waals surface area contributed by atoms with Gasteiger partial charge in [0, 0.05) is 22.4 Å². The van der Waals surface area contributed by atoms with Crippen LogP contribution in [0.25, 0.3) is 10.9 Å². The minimum Gasteiger partial charge on any atom is -0.364 e. The molecule has 4 nitrogen and oxygen atoms in total. The highest BCUT2D eigenvalue weighted by Gasteiger charge is 2.28. The number of carbonyl (C=O) groups is 2. The zero-order valence-corrected chi connectivity index (χ0v) is 11.3. The summed E-state index contributed by atoms with van der Waals surface area (Å²) in [6.45, 7) is 0. The van der Waals surface area contributed by atoms with Crippen LogP contribution in [0.15, 0.2) is 24.3 Å². The van der Waals surface area contributed by atoms with Crippen molar-refractivity contribution in [2.45, 2.75) is 31.6 Å². The van der Waals surface area contributed by atoms with Crippen molar-refractivity contribution in [1.29, 1.82) is 0 Å². The Morgan fingerprint density at radius 1 is 1.40 bits per heavy atom. The zero-order chi connectivity index (χ0) is 14.1. The fraction of sp³-hybridized carbons (Fsp3) is 0.375. The van der Waals surface area contributed by atoms with E-state index >= 15 is 0 Å². The predicted octanol–water partition coefficient (Wildman–Crippen LogP) is 2.74. The van der Waals surface area contributed by atoms with Crippen LogP contribution in [0.3, 0.4) is 0 Å². The third-order valence-electron chi connectivity index (χ3n) is 4.34. The number of nitrogens with one attached hydrogen (secondary N) is 1. The molecule has 104 valence electrons. The third kappa shape index (κ3) is 2.11. The monoisotopic (exact) mass is 270 g/mol. The lowest BCUT2D eigenvalue weighted by atomic mass is 9.77. The van der Waals surface area contributed by atoms with Crippen molar-refractivity contribution in [3.63, 3.8) is 0 Å². The molecular weight excluding hydrogens is 252 g/mol. The van der Waals surface area contributed by atoms with Gasteiger partial charge < -0.3 is 15.5 Å². The maximum absolute atomic E-state index is 11.7. The van der Waals surface area contributed by atoms with Crippen LogP contribution in [-0.4, -0.2) is 17.2 Å². The van der Waals surface area contributed by atoms with E-state index in [0.29, 0.717) is 11.6 Å². The number of H-pyrrole nitrogens is 1. The molecular formula is C16H18N2O2. The molecule has 0 bridgehead atoms. The smallest absolute Gasteiger partial charge is 0.265 e. The quantitative estimate of drug-likeness (QED) is 0.820. The minimum atomic E-state index is -0.503. The number of nitrogens with two attached hydrogens (primary N) is 1. The van der Waals surface area contributed by atoms with Crippen molar-refractivity contribution in [2.75, 3.05) is 0 Å². The molecule has 1 saturated carbocycles. The Hall–Kier alpha value is -2.10. The molecule has 1 aromatic heterocycles. The van der Waals surface area contributed by atoms with Gasteiger partial charge in [-0.15, -0.1) is 0 Å². The van der Waals surface area contributed by atoms with Crippen LogP contribution in [-0.2, 0) is 4.79 Å². The number of hydrogen-bond donors (Lipinski definition) is 2. The summed E-state index contributed by atoms with van der Waals surface area (Å²) in [5, 5.41) is 0.928. The Morgan fingerprint density at radius 2 is 2.15 bits per heavy atom. The summed E-state index contributed by atoms with van der Waals surface area (Å²) < 4.78 is 0. The second-order valence-corrected chi connectivity index (χ2v) is 5.60. The number of benzene rings is 1. The number of aldehydes is 1. The molecule has 3 N–H and O–H groups in total. The van der Waals surface area contributed by atoms with Gasteiger partial charge in [-0.05, 0) is 18.4 Å².